The third-order valence-electron chi connectivity index (χ3n) is 5.34. The smallest absolute Gasteiger partial charge is 0.227 e. The molecule has 0 aliphatic heterocycles. The maximum Gasteiger partial charge on any atom is 0.227 e. The van der Waals surface area contributed by atoms with Gasteiger partial charge in [-0.3, -0.25) is 9.48 Å². The molecule has 7 heteroatoms. The molecule has 0 aliphatic carbocycles. The first-order valence-electron chi connectivity index (χ1n) is 10.2. The van der Waals surface area contributed by atoms with Crippen molar-refractivity contribution in [1.82, 2.24) is 24.6 Å². The van der Waals surface area contributed by atoms with E-state index in [9.17, 15) is 4.79 Å². The molecule has 0 fully saturated rings. The molecule has 2 heterocycles. The molecule has 6 nitrogen and oxygen atoms in total. The molecular formula is C24H24ClN5O. The Balaban J connectivity index is 1.54. The van der Waals surface area contributed by atoms with Crippen molar-refractivity contribution >= 4 is 17.5 Å². The Morgan fingerprint density at radius 3 is 2.55 bits per heavy atom. The molecule has 158 valence electrons. The van der Waals surface area contributed by atoms with E-state index in [2.05, 4.69) is 15.4 Å². The number of benzene rings is 2. The van der Waals surface area contributed by atoms with Crippen molar-refractivity contribution in [2.75, 3.05) is 6.54 Å². The molecular weight excluding hydrogens is 410 g/mol. The molecule has 4 rings (SSSR count). The first kappa shape index (κ1) is 20.9. The van der Waals surface area contributed by atoms with E-state index in [1.807, 2.05) is 90.2 Å². The summed E-state index contributed by atoms with van der Waals surface area (Å²) in [6.07, 6.45) is 5.50. The second-order valence-corrected chi connectivity index (χ2v) is 7.86. The van der Waals surface area contributed by atoms with E-state index in [-0.39, 0.29) is 11.8 Å². The van der Waals surface area contributed by atoms with Gasteiger partial charge in [-0.05, 0) is 30.2 Å². The van der Waals surface area contributed by atoms with E-state index in [0.29, 0.717) is 18.1 Å². The summed E-state index contributed by atoms with van der Waals surface area (Å²) in [6, 6.07) is 17.4. The fourth-order valence-corrected chi connectivity index (χ4v) is 3.68. The number of aryl methyl sites for hydroxylation is 1. The summed E-state index contributed by atoms with van der Waals surface area (Å²) >= 11 is 6.06. The van der Waals surface area contributed by atoms with Crippen LogP contribution in [0.15, 0.2) is 73.2 Å². The topological polar surface area (TPSA) is 64.7 Å². The van der Waals surface area contributed by atoms with E-state index < -0.39 is 0 Å². The summed E-state index contributed by atoms with van der Waals surface area (Å²) in [4.78, 5) is 17.1. The molecule has 1 atom stereocenters. The molecule has 2 aromatic carbocycles. The maximum absolute atomic E-state index is 12.6. The summed E-state index contributed by atoms with van der Waals surface area (Å²) in [5.41, 5.74) is 3.88. The second kappa shape index (κ2) is 9.18. The zero-order valence-corrected chi connectivity index (χ0v) is 18.3. The first-order chi connectivity index (χ1) is 15.0. The summed E-state index contributed by atoms with van der Waals surface area (Å²) in [5.74, 6) is 0.596. The van der Waals surface area contributed by atoms with Crippen molar-refractivity contribution in [2.45, 2.75) is 19.4 Å². The molecule has 0 aliphatic rings. The van der Waals surface area contributed by atoms with Crippen molar-refractivity contribution in [3.05, 3.63) is 83.8 Å². The largest absolute Gasteiger partial charge is 0.354 e. The predicted molar refractivity (Wildman–Crippen MR) is 123 cm³/mol. The van der Waals surface area contributed by atoms with Gasteiger partial charge in [0.1, 0.15) is 5.69 Å². The monoisotopic (exact) mass is 433 g/mol. The molecule has 0 saturated carbocycles. The number of rotatable bonds is 7. The molecule has 0 saturated heterocycles. The number of amides is 1. The van der Waals surface area contributed by atoms with Gasteiger partial charge in [0.15, 0.2) is 5.82 Å². The zero-order chi connectivity index (χ0) is 21.8. The Bertz CT molecular complexity index is 1160. The summed E-state index contributed by atoms with van der Waals surface area (Å²) in [6.45, 7) is 2.91. The molecule has 1 amide bonds. The van der Waals surface area contributed by atoms with Crippen LogP contribution in [0.25, 0.3) is 22.6 Å². The fourth-order valence-electron chi connectivity index (χ4n) is 3.56. The zero-order valence-electron chi connectivity index (χ0n) is 17.5. The van der Waals surface area contributed by atoms with Gasteiger partial charge in [0.05, 0.1) is 18.7 Å². The van der Waals surface area contributed by atoms with E-state index >= 15 is 0 Å². The lowest BCUT2D eigenvalue weighted by molar-refractivity contribution is -0.122. The van der Waals surface area contributed by atoms with Crippen LogP contribution in [-0.2, 0) is 18.4 Å². The highest BCUT2D eigenvalue weighted by atomic mass is 35.5. The van der Waals surface area contributed by atoms with E-state index in [1.54, 1.807) is 6.20 Å². The fraction of sp³-hybridized carbons (Fsp3) is 0.208. The van der Waals surface area contributed by atoms with Gasteiger partial charge in [-0.2, -0.15) is 5.10 Å². The average molecular weight is 434 g/mol. The number of carbonyl (C=O) groups excluding carboxylic acids is 1. The normalized spacial score (nSPS) is 12.0. The number of nitrogens with zero attached hydrogens (tertiary/aromatic N) is 4. The highest BCUT2D eigenvalue weighted by molar-refractivity contribution is 6.30. The molecule has 0 bridgehead atoms. The van der Waals surface area contributed by atoms with Gasteiger partial charge in [0, 0.05) is 36.6 Å². The summed E-state index contributed by atoms with van der Waals surface area (Å²) in [5, 5.41) is 8.30. The van der Waals surface area contributed by atoms with E-state index in [1.165, 1.54) is 0 Å². The lowest BCUT2D eigenvalue weighted by Crippen LogP contribution is -2.31. The predicted octanol–water partition coefficient (Wildman–Crippen LogP) is 4.52. The third-order valence-corrected chi connectivity index (χ3v) is 5.60. The van der Waals surface area contributed by atoms with Crippen LogP contribution in [-0.4, -0.2) is 31.8 Å². The molecule has 1 unspecified atom stereocenters. The van der Waals surface area contributed by atoms with Gasteiger partial charge in [-0.25, -0.2) is 4.98 Å². The lowest BCUT2D eigenvalue weighted by atomic mass is 10.0. The number of nitrogens with one attached hydrogen (secondary N) is 1. The van der Waals surface area contributed by atoms with Gasteiger partial charge >= 0.3 is 0 Å². The van der Waals surface area contributed by atoms with Crippen LogP contribution in [0.5, 0.6) is 0 Å². The van der Waals surface area contributed by atoms with Crippen LogP contribution in [0.2, 0.25) is 5.02 Å². The number of aromatic nitrogens is 4. The third kappa shape index (κ3) is 4.54. The Labute approximate surface area is 186 Å². The minimum atomic E-state index is -0.211. The molecule has 0 spiro atoms. The lowest BCUT2D eigenvalue weighted by Gasteiger charge is -2.14. The van der Waals surface area contributed by atoms with Crippen LogP contribution in [0.4, 0.5) is 0 Å². The number of halogens is 1. The maximum atomic E-state index is 12.6. The summed E-state index contributed by atoms with van der Waals surface area (Å²) in [7, 11) is 1.95. The van der Waals surface area contributed by atoms with Crippen molar-refractivity contribution in [2.24, 2.45) is 7.05 Å². The molecule has 1 N–H and O–H groups in total. The highest BCUT2D eigenvalue weighted by Gasteiger charge is 2.19. The van der Waals surface area contributed by atoms with Crippen molar-refractivity contribution in [1.29, 1.82) is 0 Å². The average Bonchev–Trinajstić information content (AvgIpc) is 3.40. The van der Waals surface area contributed by atoms with Crippen molar-refractivity contribution in [3.63, 3.8) is 0 Å². The number of hydrogen-bond donors (Lipinski definition) is 1. The molecule has 31 heavy (non-hydrogen) atoms. The SMILES string of the molecule is CC(C(=O)NCCn1ncc(-c2ccc(Cl)cc2)c1-c1nccn1C)c1ccccc1. The molecule has 4 aromatic rings. The van der Waals surface area contributed by atoms with E-state index in [4.69, 9.17) is 11.6 Å². The van der Waals surface area contributed by atoms with Crippen molar-refractivity contribution < 1.29 is 4.79 Å². The van der Waals surface area contributed by atoms with E-state index in [0.717, 1.165) is 28.2 Å². The Morgan fingerprint density at radius 1 is 1.13 bits per heavy atom. The highest BCUT2D eigenvalue weighted by Crippen LogP contribution is 2.31. The standard InChI is InChI=1S/C24H24ClN5O/c1-17(18-6-4-3-5-7-18)24(31)27-13-15-30-22(23-26-12-14-29(23)2)21(16-28-30)19-8-10-20(25)11-9-19/h3-12,14,16-17H,13,15H2,1-2H3,(H,27,31). The van der Waals surface area contributed by atoms with Gasteiger partial charge in [-0.1, -0.05) is 54.1 Å². The van der Waals surface area contributed by atoms with Crippen LogP contribution in [0, 0.1) is 0 Å². The van der Waals surface area contributed by atoms with Gasteiger partial charge in [-0.15, -0.1) is 0 Å². The van der Waals surface area contributed by atoms with Crippen LogP contribution < -0.4 is 5.32 Å². The molecule has 2 aromatic heterocycles. The number of carbonyl (C=O) groups is 1. The Kier molecular flexibility index (Phi) is 6.18. The van der Waals surface area contributed by atoms with Crippen LogP contribution >= 0.6 is 11.6 Å². The van der Waals surface area contributed by atoms with Gasteiger partial charge in [0.2, 0.25) is 5.91 Å². The van der Waals surface area contributed by atoms with Crippen molar-refractivity contribution in [3.8, 4) is 22.6 Å². The summed E-state index contributed by atoms with van der Waals surface area (Å²) < 4.78 is 3.85. The Morgan fingerprint density at radius 2 is 1.87 bits per heavy atom. The van der Waals surface area contributed by atoms with Gasteiger partial charge in [0.25, 0.3) is 0 Å². The minimum absolute atomic E-state index is 0.00479. The Hall–Kier alpha value is -3.38. The number of imidazole rings is 1. The number of hydrogen-bond acceptors (Lipinski definition) is 3. The first-order valence-corrected chi connectivity index (χ1v) is 10.5. The molecule has 0 radical (unpaired) electrons. The minimum Gasteiger partial charge on any atom is -0.354 e. The quantitative estimate of drug-likeness (QED) is 0.466. The van der Waals surface area contributed by atoms with Crippen LogP contribution in [0.1, 0.15) is 18.4 Å². The van der Waals surface area contributed by atoms with Gasteiger partial charge < -0.3 is 9.88 Å². The second-order valence-electron chi connectivity index (χ2n) is 7.42. The van der Waals surface area contributed by atoms with Crippen LogP contribution in [0.3, 0.4) is 0 Å².